The average Bonchev–Trinajstić information content (AvgIpc) is 2.64. The first-order valence-electron chi connectivity index (χ1n) is 8.59. The van der Waals surface area contributed by atoms with E-state index in [1.165, 1.54) is 0 Å². The van der Waals surface area contributed by atoms with Gasteiger partial charge in [0.1, 0.15) is 5.75 Å². The minimum atomic E-state index is -0.200. The van der Waals surface area contributed by atoms with Crippen LogP contribution in [0.25, 0.3) is 0 Å². The van der Waals surface area contributed by atoms with Gasteiger partial charge in [-0.15, -0.1) is 0 Å². The molecule has 7 heteroatoms. The predicted octanol–water partition coefficient (Wildman–Crippen LogP) is 5.01. The van der Waals surface area contributed by atoms with E-state index in [1.807, 2.05) is 44.2 Å². The fourth-order valence-corrected chi connectivity index (χ4v) is 3.97. The maximum Gasteiger partial charge on any atom is 0.258 e. The molecule has 27 heavy (non-hydrogen) atoms. The van der Waals surface area contributed by atoms with Crippen LogP contribution in [0.15, 0.2) is 39.3 Å². The number of aryl methyl sites for hydroxylation is 1. The van der Waals surface area contributed by atoms with Gasteiger partial charge in [0.2, 0.25) is 0 Å². The van der Waals surface area contributed by atoms with E-state index in [9.17, 15) is 4.79 Å². The molecule has 0 unspecified atom stereocenters. The molecule has 0 saturated carbocycles. The molecule has 0 fully saturated rings. The molecule has 5 nitrogen and oxygen atoms in total. The highest BCUT2D eigenvalue weighted by molar-refractivity contribution is 9.11. The second-order valence-electron chi connectivity index (χ2n) is 5.93. The number of rotatable bonds is 9. The van der Waals surface area contributed by atoms with Crippen molar-refractivity contribution in [2.24, 2.45) is 0 Å². The number of hydrogen-bond acceptors (Lipinski definition) is 4. The second-order valence-corrected chi connectivity index (χ2v) is 7.70. The molecule has 0 aromatic heterocycles. The highest BCUT2D eigenvalue weighted by atomic mass is 79.9. The molecule has 0 heterocycles. The highest BCUT2D eigenvalue weighted by Gasteiger charge is 2.11. The fraction of sp³-hybridized carbons (Fsp3) is 0.350. The minimum Gasteiger partial charge on any atom is -0.493 e. The lowest BCUT2D eigenvalue weighted by atomic mass is 10.2. The Bertz CT molecular complexity index is 773. The van der Waals surface area contributed by atoms with Crippen molar-refractivity contribution in [1.29, 1.82) is 0 Å². The number of carbonyl (C=O) groups excluding carboxylic acids is 1. The van der Waals surface area contributed by atoms with Gasteiger partial charge < -0.3 is 19.5 Å². The lowest BCUT2D eigenvalue weighted by molar-refractivity contribution is -0.123. The predicted molar refractivity (Wildman–Crippen MR) is 113 cm³/mol. The Morgan fingerprint density at radius 1 is 1.11 bits per heavy atom. The van der Waals surface area contributed by atoms with Crippen LogP contribution in [-0.4, -0.2) is 26.2 Å². The number of nitrogens with one attached hydrogen (secondary N) is 1. The Hall–Kier alpha value is -1.73. The van der Waals surface area contributed by atoms with Crippen LogP contribution in [0.2, 0.25) is 0 Å². The van der Waals surface area contributed by atoms with Crippen LogP contribution in [0.3, 0.4) is 0 Å². The monoisotopic (exact) mass is 499 g/mol. The van der Waals surface area contributed by atoms with Gasteiger partial charge in [0.15, 0.2) is 18.1 Å². The molecule has 0 aliphatic rings. The molecule has 0 atom stereocenters. The van der Waals surface area contributed by atoms with Crippen molar-refractivity contribution >= 4 is 37.8 Å². The lowest BCUT2D eigenvalue weighted by Gasteiger charge is -2.13. The van der Waals surface area contributed by atoms with E-state index in [1.54, 1.807) is 7.11 Å². The summed E-state index contributed by atoms with van der Waals surface area (Å²) in [5.74, 6) is 1.82. The van der Waals surface area contributed by atoms with Crippen molar-refractivity contribution in [3.05, 3.63) is 50.4 Å². The molecule has 1 amide bonds. The summed E-state index contributed by atoms with van der Waals surface area (Å²) in [5.41, 5.74) is 1.86. The molecule has 2 rings (SSSR count). The summed E-state index contributed by atoms with van der Waals surface area (Å²) in [4.78, 5) is 12.1. The van der Waals surface area contributed by atoms with Gasteiger partial charge in [-0.25, -0.2) is 0 Å². The molecule has 0 bridgehead atoms. The Balaban J connectivity index is 1.90. The third kappa shape index (κ3) is 6.43. The number of carbonyl (C=O) groups is 1. The largest absolute Gasteiger partial charge is 0.493 e. The molecule has 0 aliphatic heterocycles. The number of halogens is 2. The number of hydrogen-bond donors (Lipinski definition) is 1. The van der Waals surface area contributed by atoms with E-state index in [-0.39, 0.29) is 12.5 Å². The van der Waals surface area contributed by atoms with Crippen LogP contribution in [0.1, 0.15) is 24.5 Å². The Kier molecular flexibility index (Phi) is 8.44. The molecule has 146 valence electrons. The third-order valence-corrected chi connectivity index (χ3v) is 4.77. The summed E-state index contributed by atoms with van der Waals surface area (Å²) in [6.45, 7) is 4.93. The van der Waals surface area contributed by atoms with E-state index >= 15 is 0 Å². The van der Waals surface area contributed by atoms with Crippen LogP contribution in [0.4, 0.5) is 0 Å². The van der Waals surface area contributed by atoms with Gasteiger partial charge in [-0.05, 0) is 64.7 Å². The van der Waals surface area contributed by atoms with Crippen LogP contribution < -0.4 is 19.5 Å². The van der Waals surface area contributed by atoms with Gasteiger partial charge in [0, 0.05) is 11.0 Å². The third-order valence-electron chi connectivity index (χ3n) is 3.72. The fourth-order valence-electron chi connectivity index (χ4n) is 2.41. The van der Waals surface area contributed by atoms with Crippen molar-refractivity contribution in [2.45, 2.75) is 26.8 Å². The standard InChI is InChI=1S/C20H23Br2NO4/c1-4-7-26-17-6-5-14(9-18(17)25-3)11-23-19(24)12-27-20-13(2)8-15(21)10-16(20)22/h5-6,8-10H,4,7,11-12H2,1-3H3,(H,23,24). The molecule has 0 saturated heterocycles. The molecular formula is C20H23Br2NO4. The molecule has 2 aromatic carbocycles. The summed E-state index contributed by atoms with van der Waals surface area (Å²) in [6, 6.07) is 9.45. The van der Waals surface area contributed by atoms with Crippen molar-refractivity contribution < 1.29 is 19.0 Å². The molecular weight excluding hydrogens is 478 g/mol. The summed E-state index contributed by atoms with van der Waals surface area (Å²) in [6.07, 6.45) is 0.926. The van der Waals surface area contributed by atoms with Crippen molar-refractivity contribution in [3.8, 4) is 17.2 Å². The number of amides is 1. The maximum absolute atomic E-state index is 12.1. The zero-order valence-corrected chi connectivity index (χ0v) is 18.8. The van der Waals surface area contributed by atoms with Crippen molar-refractivity contribution in [3.63, 3.8) is 0 Å². The SMILES string of the molecule is CCCOc1ccc(CNC(=O)COc2c(C)cc(Br)cc2Br)cc1OC. The van der Waals surface area contributed by atoms with Gasteiger partial charge >= 0.3 is 0 Å². The first-order chi connectivity index (χ1) is 12.9. The summed E-state index contributed by atoms with van der Waals surface area (Å²) in [5, 5.41) is 2.85. The maximum atomic E-state index is 12.1. The molecule has 2 aromatic rings. The average molecular weight is 501 g/mol. The Morgan fingerprint density at radius 3 is 2.56 bits per heavy atom. The number of ether oxygens (including phenoxy) is 3. The minimum absolute atomic E-state index is 0.0596. The van der Waals surface area contributed by atoms with E-state index < -0.39 is 0 Å². The van der Waals surface area contributed by atoms with Crippen molar-refractivity contribution in [2.75, 3.05) is 20.3 Å². The summed E-state index contributed by atoms with van der Waals surface area (Å²) >= 11 is 6.88. The van der Waals surface area contributed by atoms with Gasteiger partial charge in [-0.3, -0.25) is 4.79 Å². The first-order valence-corrected chi connectivity index (χ1v) is 10.2. The quantitative estimate of drug-likeness (QED) is 0.525. The zero-order valence-electron chi connectivity index (χ0n) is 15.6. The Morgan fingerprint density at radius 2 is 1.89 bits per heavy atom. The van der Waals surface area contributed by atoms with E-state index in [2.05, 4.69) is 37.2 Å². The lowest BCUT2D eigenvalue weighted by Crippen LogP contribution is -2.28. The zero-order chi connectivity index (χ0) is 19.8. The normalized spacial score (nSPS) is 10.4. The van der Waals surface area contributed by atoms with Gasteiger partial charge in [0.25, 0.3) is 5.91 Å². The van der Waals surface area contributed by atoms with Gasteiger partial charge in [-0.2, -0.15) is 0 Å². The highest BCUT2D eigenvalue weighted by Crippen LogP contribution is 2.32. The van der Waals surface area contributed by atoms with Crippen LogP contribution in [0.5, 0.6) is 17.2 Å². The van der Waals surface area contributed by atoms with Gasteiger partial charge in [-0.1, -0.05) is 28.9 Å². The first kappa shape index (κ1) is 21.6. The van der Waals surface area contributed by atoms with E-state index in [0.29, 0.717) is 30.4 Å². The number of benzene rings is 2. The molecule has 1 N–H and O–H groups in total. The molecule has 0 radical (unpaired) electrons. The van der Waals surface area contributed by atoms with Crippen LogP contribution in [-0.2, 0) is 11.3 Å². The topological polar surface area (TPSA) is 56.8 Å². The molecule has 0 aliphatic carbocycles. The van der Waals surface area contributed by atoms with Gasteiger partial charge in [0.05, 0.1) is 18.2 Å². The van der Waals surface area contributed by atoms with Crippen LogP contribution in [0, 0.1) is 6.92 Å². The smallest absolute Gasteiger partial charge is 0.258 e. The van der Waals surface area contributed by atoms with Crippen molar-refractivity contribution in [1.82, 2.24) is 5.32 Å². The molecule has 0 spiro atoms. The number of methoxy groups -OCH3 is 1. The van der Waals surface area contributed by atoms with E-state index in [0.717, 1.165) is 26.5 Å². The summed E-state index contributed by atoms with van der Waals surface area (Å²) < 4.78 is 18.4. The Labute approximate surface area is 176 Å². The van der Waals surface area contributed by atoms with Crippen LogP contribution >= 0.6 is 31.9 Å². The van der Waals surface area contributed by atoms with E-state index in [4.69, 9.17) is 14.2 Å². The summed E-state index contributed by atoms with van der Waals surface area (Å²) in [7, 11) is 1.60. The second kappa shape index (κ2) is 10.6.